The molecule has 1 aromatic carbocycles. The molecule has 0 N–H and O–H groups in total. The molecule has 0 aliphatic carbocycles. The lowest BCUT2D eigenvalue weighted by Crippen LogP contribution is -2.23. The first kappa shape index (κ1) is 15.0. The number of benzene rings is 1. The predicted molar refractivity (Wildman–Crippen MR) is 90.1 cm³/mol. The van der Waals surface area contributed by atoms with Crippen molar-refractivity contribution in [3.05, 3.63) is 78.3 Å². The average molecular weight is 322 g/mol. The monoisotopic (exact) mass is 322 g/mol. The summed E-state index contributed by atoms with van der Waals surface area (Å²) < 4.78 is 15.0. The number of aromatic nitrogens is 3. The van der Waals surface area contributed by atoms with Crippen molar-refractivity contribution in [1.82, 2.24) is 19.4 Å². The normalized spacial score (nSPS) is 18.1. The van der Waals surface area contributed by atoms with E-state index in [9.17, 15) is 4.39 Å². The van der Waals surface area contributed by atoms with Crippen LogP contribution in [0.15, 0.2) is 61.2 Å². The van der Waals surface area contributed by atoms with Crippen LogP contribution in [-0.2, 0) is 6.54 Å². The molecule has 0 spiro atoms. The smallest absolute Gasteiger partial charge is 0.138 e. The first-order valence-corrected chi connectivity index (χ1v) is 8.23. The van der Waals surface area contributed by atoms with Crippen LogP contribution in [0.25, 0.3) is 5.82 Å². The number of likely N-dealkylation sites (tertiary alicyclic amines) is 1. The third-order valence-corrected chi connectivity index (χ3v) is 4.53. The van der Waals surface area contributed by atoms with Gasteiger partial charge in [-0.15, -0.1) is 0 Å². The number of halogens is 1. The number of rotatable bonds is 4. The topological polar surface area (TPSA) is 34.0 Å². The lowest BCUT2D eigenvalue weighted by Gasteiger charge is -2.24. The van der Waals surface area contributed by atoms with E-state index in [1.54, 1.807) is 12.5 Å². The predicted octanol–water partition coefficient (Wildman–Crippen LogP) is 3.74. The van der Waals surface area contributed by atoms with Crippen molar-refractivity contribution in [3.8, 4) is 5.82 Å². The fourth-order valence-corrected chi connectivity index (χ4v) is 3.34. The van der Waals surface area contributed by atoms with Crippen LogP contribution < -0.4 is 0 Å². The second kappa shape index (κ2) is 6.53. The van der Waals surface area contributed by atoms with Gasteiger partial charge in [0.15, 0.2) is 0 Å². The van der Waals surface area contributed by atoms with Crippen molar-refractivity contribution in [3.63, 3.8) is 0 Å². The van der Waals surface area contributed by atoms with Crippen LogP contribution >= 0.6 is 0 Å². The van der Waals surface area contributed by atoms with Gasteiger partial charge in [0, 0.05) is 18.9 Å². The minimum Gasteiger partial charge on any atom is -0.291 e. The van der Waals surface area contributed by atoms with Crippen LogP contribution in [0.4, 0.5) is 4.39 Å². The summed E-state index contributed by atoms with van der Waals surface area (Å²) >= 11 is 0. The maximum absolute atomic E-state index is 13.1. The quantitative estimate of drug-likeness (QED) is 0.734. The second-order valence-corrected chi connectivity index (χ2v) is 6.15. The van der Waals surface area contributed by atoms with Gasteiger partial charge in [-0.05, 0) is 49.2 Å². The fourth-order valence-electron chi connectivity index (χ4n) is 3.34. The minimum absolute atomic E-state index is 0.188. The van der Waals surface area contributed by atoms with E-state index in [-0.39, 0.29) is 5.82 Å². The summed E-state index contributed by atoms with van der Waals surface area (Å²) in [4.78, 5) is 11.3. The van der Waals surface area contributed by atoms with E-state index in [0.29, 0.717) is 6.04 Å². The Bertz CT molecular complexity index is 798. The van der Waals surface area contributed by atoms with Crippen LogP contribution in [0.2, 0.25) is 0 Å². The standard InChI is InChI=1S/C19H19FN4/c20-16-8-6-15(7-9-16)13-23-11-2-4-18(23)17-3-1-5-19(22-17)24-12-10-21-14-24/h1,3,5-10,12,14,18H,2,4,11,13H2. The Kier molecular flexibility index (Phi) is 4.09. The fraction of sp³-hybridized carbons (Fsp3) is 0.263. The van der Waals surface area contributed by atoms with Crippen molar-refractivity contribution in [1.29, 1.82) is 0 Å². The lowest BCUT2D eigenvalue weighted by molar-refractivity contribution is 0.244. The Morgan fingerprint density at radius 1 is 1.12 bits per heavy atom. The summed E-state index contributed by atoms with van der Waals surface area (Å²) in [5, 5.41) is 0. The van der Waals surface area contributed by atoms with E-state index in [2.05, 4.69) is 16.0 Å². The van der Waals surface area contributed by atoms with Gasteiger partial charge in [0.05, 0.1) is 11.7 Å². The molecule has 122 valence electrons. The van der Waals surface area contributed by atoms with Crippen LogP contribution in [0.1, 0.15) is 30.1 Å². The first-order valence-electron chi connectivity index (χ1n) is 8.23. The number of hydrogen-bond acceptors (Lipinski definition) is 3. The molecule has 1 unspecified atom stereocenters. The van der Waals surface area contributed by atoms with Gasteiger partial charge in [0.2, 0.25) is 0 Å². The Morgan fingerprint density at radius 2 is 2.00 bits per heavy atom. The van der Waals surface area contributed by atoms with Gasteiger partial charge in [0.25, 0.3) is 0 Å². The Morgan fingerprint density at radius 3 is 2.79 bits per heavy atom. The maximum atomic E-state index is 13.1. The summed E-state index contributed by atoms with van der Waals surface area (Å²) in [7, 11) is 0. The minimum atomic E-state index is -0.188. The highest BCUT2D eigenvalue weighted by Crippen LogP contribution is 2.32. The number of pyridine rings is 1. The van der Waals surface area contributed by atoms with Crippen LogP contribution in [-0.4, -0.2) is 26.0 Å². The summed E-state index contributed by atoms with van der Waals surface area (Å²) in [5.41, 5.74) is 2.22. The van der Waals surface area contributed by atoms with E-state index < -0.39 is 0 Å². The molecule has 5 heteroatoms. The molecule has 4 nitrogen and oxygen atoms in total. The van der Waals surface area contributed by atoms with Gasteiger partial charge in [-0.3, -0.25) is 9.47 Å². The summed E-state index contributed by atoms with van der Waals surface area (Å²) in [6.45, 7) is 1.86. The highest BCUT2D eigenvalue weighted by Gasteiger charge is 2.27. The third kappa shape index (κ3) is 3.08. The molecular formula is C19H19FN4. The zero-order valence-electron chi connectivity index (χ0n) is 13.3. The number of nitrogens with zero attached hydrogens (tertiary/aromatic N) is 4. The van der Waals surface area contributed by atoms with Crippen LogP contribution in [0.5, 0.6) is 0 Å². The molecule has 4 rings (SSSR count). The molecule has 3 heterocycles. The number of imidazole rings is 1. The highest BCUT2D eigenvalue weighted by atomic mass is 19.1. The van der Waals surface area contributed by atoms with Gasteiger partial charge in [-0.25, -0.2) is 14.4 Å². The van der Waals surface area contributed by atoms with E-state index in [4.69, 9.17) is 4.98 Å². The maximum Gasteiger partial charge on any atom is 0.138 e. The van der Waals surface area contributed by atoms with Gasteiger partial charge in [-0.1, -0.05) is 18.2 Å². The molecule has 1 saturated heterocycles. The van der Waals surface area contributed by atoms with Crippen LogP contribution in [0, 0.1) is 5.82 Å². The lowest BCUT2D eigenvalue weighted by atomic mass is 10.1. The highest BCUT2D eigenvalue weighted by molar-refractivity contribution is 5.26. The van der Waals surface area contributed by atoms with Crippen LogP contribution in [0.3, 0.4) is 0 Å². The Balaban J connectivity index is 1.56. The van der Waals surface area contributed by atoms with E-state index in [1.165, 1.54) is 12.1 Å². The molecule has 1 fully saturated rings. The molecular weight excluding hydrogens is 303 g/mol. The zero-order valence-corrected chi connectivity index (χ0v) is 13.3. The Labute approximate surface area is 140 Å². The SMILES string of the molecule is Fc1ccc(CN2CCCC2c2cccc(-n3ccnc3)n2)cc1. The Hall–Kier alpha value is -2.53. The summed E-state index contributed by atoms with van der Waals surface area (Å²) in [6, 6.07) is 13.2. The molecule has 3 aromatic rings. The molecule has 1 aliphatic rings. The van der Waals surface area contributed by atoms with E-state index in [0.717, 1.165) is 43.0 Å². The second-order valence-electron chi connectivity index (χ2n) is 6.15. The van der Waals surface area contributed by atoms with Crippen molar-refractivity contribution in [2.75, 3.05) is 6.54 Å². The van der Waals surface area contributed by atoms with Crippen molar-refractivity contribution < 1.29 is 4.39 Å². The number of hydrogen-bond donors (Lipinski definition) is 0. The molecule has 0 radical (unpaired) electrons. The molecule has 0 amide bonds. The molecule has 1 aliphatic heterocycles. The molecule has 2 aromatic heterocycles. The van der Waals surface area contributed by atoms with Crippen molar-refractivity contribution in [2.24, 2.45) is 0 Å². The largest absolute Gasteiger partial charge is 0.291 e. The summed E-state index contributed by atoms with van der Waals surface area (Å²) in [5.74, 6) is 0.699. The average Bonchev–Trinajstić information content (AvgIpc) is 3.29. The molecule has 0 saturated carbocycles. The van der Waals surface area contributed by atoms with Gasteiger partial charge < -0.3 is 0 Å². The molecule has 24 heavy (non-hydrogen) atoms. The van der Waals surface area contributed by atoms with Crippen molar-refractivity contribution in [2.45, 2.75) is 25.4 Å². The molecule has 1 atom stereocenters. The van der Waals surface area contributed by atoms with Gasteiger partial charge in [0.1, 0.15) is 18.0 Å². The molecule has 0 bridgehead atoms. The van der Waals surface area contributed by atoms with E-state index >= 15 is 0 Å². The zero-order chi connectivity index (χ0) is 16.4. The van der Waals surface area contributed by atoms with E-state index in [1.807, 2.05) is 35.0 Å². The third-order valence-electron chi connectivity index (χ3n) is 4.53. The summed E-state index contributed by atoms with van der Waals surface area (Å²) in [6.07, 6.45) is 7.67. The first-order chi connectivity index (χ1) is 11.8. The van der Waals surface area contributed by atoms with Crippen molar-refractivity contribution >= 4 is 0 Å². The van der Waals surface area contributed by atoms with Gasteiger partial charge >= 0.3 is 0 Å². The van der Waals surface area contributed by atoms with Gasteiger partial charge in [-0.2, -0.15) is 0 Å².